The molecule has 0 aromatic carbocycles. The molecule has 7 fully saturated rings. The Balaban J connectivity index is 1.01. The van der Waals surface area contributed by atoms with Crippen LogP contribution in [0.2, 0.25) is 0 Å². The highest BCUT2D eigenvalue weighted by atomic mass is 16.8. The highest BCUT2D eigenvalue weighted by Gasteiger charge is 2.60. The molecule has 24 N–H and O–H groups in total. The van der Waals surface area contributed by atoms with Gasteiger partial charge in [0.05, 0.1) is 65.0 Å². The first kappa shape index (κ1) is 115. The molecule has 7 saturated heterocycles. The van der Waals surface area contributed by atoms with Crippen molar-refractivity contribution in [2.45, 2.75) is 467 Å². The van der Waals surface area contributed by atoms with E-state index in [1.807, 2.05) is 6.08 Å². The standard InChI is InChI=1S/C90H160N4O38/c1-6-8-10-12-14-16-18-20-21-22-23-24-25-26-27-29-31-33-35-37-39-41-62(106)94-53(54(105)40-38-36-34-32-30-28-19-17-15-13-11-9-7-2)49-119-87-74(115)73(114)78(61(48-101)126-87)127-88-75(116)82(70(111)58(45-98)123-88)131-85-64(92-51(4)103)80(68(109)56(43-96)121-85)129-90-77(118)83(71(112)60(47-100)125-90)132-86-65(93-52(5)104)79(67(108)57(44-97)122-86)128-89-76(117)81(69(110)59(46-99)124-89)130-84-63(91-50(3)102)72(113)66(107)55(42-95)120-84/h20-21,38,40,53-61,63-90,95-101,105,107-118H,6-19,22-37,39,41-49H2,1-5H3,(H,91,102)(H,92,103)(H,93,104)(H,94,106)/b21-20-,40-38+/t53-,54+,55?,56?,57?,58?,59?,60?,61?,63?,64?,65?,66-,67+,68+,69-,70-,71-,72+,73+,74?,75?,76?,77?,78+,79+,80+,81-,82-,83-,84+,85-,86-,87+,88-,89-,90-/m0/s1. The van der Waals surface area contributed by atoms with E-state index < -0.39 is 297 Å². The highest BCUT2D eigenvalue weighted by Crippen LogP contribution is 2.40. The van der Waals surface area contributed by atoms with Gasteiger partial charge < -0.3 is 190 Å². The van der Waals surface area contributed by atoms with E-state index in [9.17, 15) is 121 Å². The minimum Gasteiger partial charge on any atom is -0.394 e. The summed E-state index contributed by atoms with van der Waals surface area (Å²) in [6, 6.07) is -6.57. The summed E-state index contributed by atoms with van der Waals surface area (Å²) in [5, 5.41) is 237. The normalized spacial score (nSPS) is 36.9. The molecule has 0 aromatic rings. The van der Waals surface area contributed by atoms with Gasteiger partial charge in [-0.2, -0.15) is 0 Å². The van der Waals surface area contributed by atoms with Crippen LogP contribution in [0.25, 0.3) is 0 Å². The molecule has 42 heteroatoms. The zero-order valence-electron chi connectivity index (χ0n) is 77.2. The number of carbonyl (C=O) groups excluding carboxylic acids is 4. The van der Waals surface area contributed by atoms with Crippen molar-refractivity contribution in [2.24, 2.45) is 0 Å². The van der Waals surface area contributed by atoms with E-state index in [1.165, 1.54) is 122 Å². The largest absolute Gasteiger partial charge is 0.394 e. The van der Waals surface area contributed by atoms with E-state index in [-0.39, 0.29) is 12.3 Å². The van der Waals surface area contributed by atoms with E-state index in [4.69, 9.17) is 66.3 Å². The molecule has 0 bridgehead atoms. The van der Waals surface area contributed by atoms with Gasteiger partial charge in [-0.3, -0.25) is 19.2 Å². The third-order valence-corrected chi connectivity index (χ3v) is 25.4. The van der Waals surface area contributed by atoms with Crippen molar-refractivity contribution >= 4 is 23.6 Å². The summed E-state index contributed by atoms with van der Waals surface area (Å²) in [5.74, 6) is -3.00. The molecule has 7 heterocycles. The van der Waals surface area contributed by atoms with E-state index in [0.29, 0.717) is 12.8 Å². The second-order valence-corrected chi connectivity index (χ2v) is 36.0. The third-order valence-electron chi connectivity index (χ3n) is 25.4. The predicted molar refractivity (Wildman–Crippen MR) is 466 cm³/mol. The third kappa shape index (κ3) is 35.1. The average molecular weight is 1910 g/mol. The molecule has 0 aliphatic carbocycles. The number of aliphatic hydroxyl groups excluding tert-OH is 20. The fraction of sp³-hybridized carbons (Fsp3) is 0.911. The SMILES string of the molecule is CCCCCCCC/C=C\CCCCCCCCCCCCCC(=O)N[C@@H](CO[C@@H]1OC(CO)[C@@H](O[C@@H]2OC(CO)[C@H](O)[C@H](O[C@@H]3OC(CO)[C@@H](O)[C@H](O[C@@H]4OC(CO)[C@H](O)[C@H](O[C@@H]5OC(CO)[C@@H](O)[C@H](O[C@@H]6OC(CO)[C@H](O)[C@H](O[C@H]7OC(CO)[C@H](O)[C@H](O)C7NC(C)=O)C6O)C5NC(C)=O)C4O)C3NC(C)=O)C2O)[C@H](O)C1O)[C@H](O)/C=C/CCCCCCCCCCCCC. The maximum Gasteiger partial charge on any atom is 0.220 e. The van der Waals surface area contributed by atoms with Gasteiger partial charge in [0.25, 0.3) is 0 Å². The van der Waals surface area contributed by atoms with Gasteiger partial charge in [0, 0.05) is 27.2 Å². The summed E-state index contributed by atoms with van der Waals surface area (Å²) in [4.78, 5) is 52.4. The number of allylic oxidation sites excluding steroid dienone is 3. The molecule has 0 spiro atoms. The van der Waals surface area contributed by atoms with Crippen molar-refractivity contribution in [3.63, 3.8) is 0 Å². The first-order valence-electron chi connectivity index (χ1n) is 48.1. The molecule has 132 heavy (non-hydrogen) atoms. The van der Waals surface area contributed by atoms with Gasteiger partial charge in [0.15, 0.2) is 44.0 Å². The number of aliphatic hydroxyl groups is 20. The summed E-state index contributed by atoms with van der Waals surface area (Å²) in [5.41, 5.74) is 0. The van der Waals surface area contributed by atoms with E-state index in [0.717, 1.165) is 85.0 Å². The molecule has 0 saturated carbocycles. The summed E-state index contributed by atoms with van der Waals surface area (Å²) in [6.07, 6.45) is -21.9. The summed E-state index contributed by atoms with van der Waals surface area (Å²) >= 11 is 0. The average Bonchev–Trinajstić information content (AvgIpc) is 0.764. The Morgan fingerprint density at radius 3 is 0.924 bits per heavy atom. The van der Waals surface area contributed by atoms with Crippen molar-refractivity contribution in [1.82, 2.24) is 21.3 Å². The van der Waals surface area contributed by atoms with Crippen LogP contribution >= 0.6 is 0 Å². The molecule has 4 amide bonds. The smallest absolute Gasteiger partial charge is 0.220 e. The first-order valence-corrected chi connectivity index (χ1v) is 48.1. The number of carbonyl (C=O) groups is 4. The van der Waals surface area contributed by atoms with Crippen molar-refractivity contribution < 1.29 is 188 Å². The van der Waals surface area contributed by atoms with Gasteiger partial charge >= 0.3 is 0 Å². The Morgan fingerprint density at radius 2 is 0.576 bits per heavy atom. The number of rotatable bonds is 61. The number of hydrogen-bond acceptors (Lipinski definition) is 38. The molecule has 7 rings (SSSR count). The second kappa shape index (κ2) is 61.5. The van der Waals surface area contributed by atoms with Gasteiger partial charge in [-0.1, -0.05) is 192 Å². The number of hydrogen-bond donors (Lipinski definition) is 24. The predicted octanol–water partition coefficient (Wildman–Crippen LogP) is -2.34. The van der Waals surface area contributed by atoms with Crippen molar-refractivity contribution in [2.75, 3.05) is 52.9 Å². The van der Waals surface area contributed by atoms with E-state index in [1.54, 1.807) is 6.08 Å². The molecule has 7 aliphatic rings. The van der Waals surface area contributed by atoms with Crippen molar-refractivity contribution in [3.8, 4) is 0 Å². The van der Waals surface area contributed by atoms with Gasteiger partial charge in [0.1, 0.15) is 171 Å². The highest BCUT2D eigenvalue weighted by molar-refractivity contribution is 5.76. The van der Waals surface area contributed by atoms with Crippen molar-refractivity contribution in [3.05, 3.63) is 24.3 Å². The lowest BCUT2D eigenvalue weighted by atomic mass is 9.93. The van der Waals surface area contributed by atoms with Gasteiger partial charge in [-0.15, -0.1) is 0 Å². The monoisotopic (exact) mass is 1910 g/mol. The van der Waals surface area contributed by atoms with Crippen LogP contribution in [0.5, 0.6) is 0 Å². The zero-order chi connectivity index (χ0) is 96.5. The molecule has 0 radical (unpaired) electrons. The molecule has 14 unspecified atom stereocenters. The Kier molecular flexibility index (Phi) is 53.6. The fourth-order valence-corrected chi connectivity index (χ4v) is 17.7. The summed E-state index contributed by atoms with van der Waals surface area (Å²) in [7, 11) is 0. The maximum atomic E-state index is 13.7. The van der Waals surface area contributed by atoms with Crippen LogP contribution in [0.3, 0.4) is 0 Å². The lowest BCUT2D eigenvalue weighted by Gasteiger charge is -2.51. The zero-order valence-corrected chi connectivity index (χ0v) is 77.2. The first-order chi connectivity index (χ1) is 63.4. The summed E-state index contributed by atoms with van der Waals surface area (Å²) in [6.45, 7) is -0.369. The fourth-order valence-electron chi connectivity index (χ4n) is 17.7. The van der Waals surface area contributed by atoms with Gasteiger partial charge in [-0.25, -0.2) is 0 Å². The maximum absolute atomic E-state index is 13.7. The Labute approximate surface area is 773 Å². The second-order valence-electron chi connectivity index (χ2n) is 36.0. The van der Waals surface area contributed by atoms with Crippen LogP contribution in [0.4, 0.5) is 0 Å². The molecule has 42 nitrogen and oxygen atoms in total. The minimum atomic E-state index is -2.38. The van der Waals surface area contributed by atoms with Gasteiger partial charge in [-0.05, 0) is 44.9 Å². The van der Waals surface area contributed by atoms with Crippen LogP contribution in [0, 0.1) is 0 Å². The Bertz CT molecular complexity index is 3220. The van der Waals surface area contributed by atoms with E-state index in [2.05, 4.69) is 47.3 Å². The minimum absolute atomic E-state index is 0.151. The summed E-state index contributed by atoms with van der Waals surface area (Å²) < 4.78 is 83.8. The Hall–Kier alpha value is -4.00. The number of unbranched alkanes of at least 4 members (excludes halogenated alkanes) is 28. The van der Waals surface area contributed by atoms with Crippen molar-refractivity contribution in [1.29, 1.82) is 0 Å². The molecular formula is C90H160N4O38. The van der Waals surface area contributed by atoms with Crippen LogP contribution in [0.15, 0.2) is 24.3 Å². The quantitative estimate of drug-likeness (QED) is 0.0224. The van der Waals surface area contributed by atoms with E-state index >= 15 is 0 Å². The molecule has 7 aliphatic heterocycles. The molecule has 768 valence electrons. The van der Waals surface area contributed by atoms with Crippen LogP contribution in [-0.2, 0) is 85.5 Å². The molecule has 0 aromatic heterocycles. The number of amides is 4. The lowest BCUT2D eigenvalue weighted by Crippen LogP contribution is -2.71. The van der Waals surface area contributed by atoms with Crippen LogP contribution in [-0.4, -0.2) is 406 Å². The van der Waals surface area contributed by atoms with Gasteiger partial charge in [0.2, 0.25) is 23.6 Å². The van der Waals surface area contributed by atoms with Crippen LogP contribution < -0.4 is 21.3 Å². The lowest BCUT2D eigenvalue weighted by molar-refractivity contribution is -0.387. The topological polar surface area (TPSA) is 650 Å². The molecular weight excluding hydrogens is 1740 g/mol. The number of ether oxygens (including phenoxy) is 14. The molecule has 37 atom stereocenters. The number of nitrogens with one attached hydrogen (secondary N) is 4. The Morgan fingerprint density at radius 1 is 0.295 bits per heavy atom. The van der Waals surface area contributed by atoms with Crippen LogP contribution in [0.1, 0.15) is 240 Å².